The van der Waals surface area contributed by atoms with E-state index in [0.29, 0.717) is 18.7 Å². The molecule has 1 aliphatic rings. The Morgan fingerprint density at radius 2 is 2.25 bits per heavy atom. The fourth-order valence-electron chi connectivity index (χ4n) is 2.48. The molecule has 0 saturated carbocycles. The van der Waals surface area contributed by atoms with Gasteiger partial charge in [0.1, 0.15) is 0 Å². The summed E-state index contributed by atoms with van der Waals surface area (Å²) in [6, 6.07) is 7.83. The number of hydrogen-bond donors (Lipinski definition) is 2. The van der Waals surface area contributed by atoms with Gasteiger partial charge >= 0.3 is 0 Å². The number of nitrogens with one attached hydrogen (secondary N) is 2. The molecule has 1 aliphatic heterocycles. The minimum atomic E-state index is -0.0184. The number of rotatable bonds is 4. The van der Waals surface area contributed by atoms with E-state index in [2.05, 4.69) is 16.4 Å². The largest absolute Gasteiger partial charge is 0.377 e. The van der Waals surface area contributed by atoms with Gasteiger partial charge in [-0.25, -0.2) is 0 Å². The zero-order valence-electron chi connectivity index (χ0n) is 11.3. The third-order valence-electron chi connectivity index (χ3n) is 3.62. The second kappa shape index (κ2) is 5.92. The van der Waals surface area contributed by atoms with Crippen LogP contribution in [0.5, 0.6) is 0 Å². The van der Waals surface area contributed by atoms with Gasteiger partial charge < -0.3 is 15.0 Å². The number of amides is 1. The van der Waals surface area contributed by atoms with E-state index in [9.17, 15) is 4.79 Å². The predicted octanol–water partition coefficient (Wildman–Crippen LogP) is 2.63. The van der Waals surface area contributed by atoms with Crippen LogP contribution in [0.3, 0.4) is 0 Å². The van der Waals surface area contributed by atoms with Crippen LogP contribution in [0.1, 0.15) is 23.2 Å². The Balaban J connectivity index is 1.60. The molecule has 0 radical (unpaired) electrons. The number of H-pyrrole nitrogens is 1. The van der Waals surface area contributed by atoms with Gasteiger partial charge in [-0.1, -0.05) is 29.8 Å². The Morgan fingerprint density at radius 1 is 1.35 bits per heavy atom. The number of fused-ring (bicyclic) bond motifs is 1. The molecular weight excluding hydrogens is 252 g/mol. The molecule has 0 atom stereocenters. The van der Waals surface area contributed by atoms with E-state index in [-0.39, 0.29) is 5.91 Å². The molecule has 20 heavy (non-hydrogen) atoms. The van der Waals surface area contributed by atoms with Crippen LogP contribution in [0.15, 0.2) is 42.1 Å². The van der Waals surface area contributed by atoms with Gasteiger partial charge in [0, 0.05) is 23.6 Å². The predicted molar refractivity (Wildman–Crippen MR) is 78.8 cm³/mol. The first-order valence-electron chi connectivity index (χ1n) is 6.94. The highest BCUT2D eigenvalue weighted by Gasteiger charge is 2.11. The van der Waals surface area contributed by atoms with Crippen molar-refractivity contribution in [2.45, 2.75) is 12.8 Å². The monoisotopic (exact) mass is 270 g/mol. The highest BCUT2D eigenvalue weighted by Crippen LogP contribution is 2.17. The van der Waals surface area contributed by atoms with Gasteiger partial charge in [0.2, 0.25) is 0 Å². The molecule has 4 heteroatoms. The third-order valence-corrected chi connectivity index (χ3v) is 3.62. The third kappa shape index (κ3) is 2.75. The summed E-state index contributed by atoms with van der Waals surface area (Å²) >= 11 is 0. The Morgan fingerprint density at radius 3 is 3.10 bits per heavy atom. The van der Waals surface area contributed by atoms with Crippen molar-refractivity contribution in [3.8, 4) is 0 Å². The molecular formula is C16H18N2O2. The van der Waals surface area contributed by atoms with Crippen LogP contribution in [0.2, 0.25) is 0 Å². The minimum Gasteiger partial charge on any atom is -0.377 e. The Kier molecular flexibility index (Phi) is 3.83. The molecule has 3 rings (SSSR count). The Labute approximate surface area is 117 Å². The molecule has 0 fully saturated rings. The van der Waals surface area contributed by atoms with Gasteiger partial charge in [-0.2, -0.15) is 0 Å². The normalized spacial score (nSPS) is 15.1. The molecule has 104 valence electrons. The Bertz CT molecular complexity index is 643. The van der Waals surface area contributed by atoms with Crippen LogP contribution in [-0.4, -0.2) is 30.6 Å². The first kappa shape index (κ1) is 12.9. The molecule has 0 spiro atoms. The zero-order chi connectivity index (χ0) is 13.8. The summed E-state index contributed by atoms with van der Waals surface area (Å²) in [5.41, 5.74) is 3.07. The van der Waals surface area contributed by atoms with Crippen LogP contribution < -0.4 is 5.32 Å². The number of aromatic nitrogens is 1. The van der Waals surface area contributed by atoms with E-state index >= 15 is 0 Å². The molecule has 1 aromatic carbocycles. The van der Waals surface area contributed by atoms with Crippen molar-refractivity contribution in [1.82, 2.24) is 10.3 Å². The quantitative estimate of drug-likeness (QED) is 0.839. The van der Waals surface area contributed by atoms with Crippen molar-refractivity contribution >= 4 is 16.8 Å². The van der Waals surface area contributed by atoms with Gasteiger partial charge in [0.15, 0.2) is 0 Å². The second-order valence-corrected chi connectivity index (χ2v) is 4.94. The molecule has 0 saturated heterocycles. The topological polar surface area (TPSA) is 54.1 Å². The molecule has 2 heterocycles. The van der Waals surface area contributed by atoms with Gasteiger partial charge in [0.25, 0.3) is 5.91 Å². The molecule has 2 N–H and O–H groups in total. The number of aromatic amines is 1. The first-order valence-corrected chi connectivity index (χ1v) is 6.94. The summed E-state index contributed by atoms with van der Waals surface area (Å²) in [5, 5.41) is 3.95. The van der Waals surface area contributed by atoms with Crippen molar-refractivity contribution in [2.24, 2.45) is 0 Å². The van der Waals surface area contributed by atoms with E-state index in [1.165, 1.54) is 5.57 Å². The first-order chi connectivity index (χ1) is 9.84. The van der Waals surface area contributed by atoms with Crippen molar-refractivity contribution in [1.29, 1.82) is 0 Å². The number of ether oxygens (including phenoxy) is 1. The maximum atomic E-state index is 12.2. The lowest BCUT2D eigenvalue weighted by molar-refractivity contribution is 0.0955. The fourth-order valence-corrected chi connectivity index (χ4v) is 2.48. The highest BCUT2D eigenvalue weighted by atomic mass is 16.5. The fraction of sp³-hybridized carbons (Fsp3) is 0.312. The maximum Gasteiger partial charge on any atom is 0.253 e. The van der Waals surface area contributed by atoms with Crippen LogP contribution >= 0.6 is 0 Å². The smallest absolute Gasteiger partial charge is 0.253 e. The van der Waals surface area contributed by atoms with Gasteiger partial charge in [-0.05, 0) is 18.9 Å². The van der Waals surface area contributed by atoms with Crippen LogP contribution in [-0.2, 0) is 4.74 Å². The number of hydrogen-bond acceptors (Lipinski definition) is 2. The summed E-state index contributed by atoms with van der Waals surface area (Å²) in [7, 11) is 0. The average molecular weight is 270 g/mol. The van der Waals surface area contributed by atoms with Gasteiger partial charge in [-0.3, -0.25) is 4.79 Å². The van der Waals surface area contributed by atoms with Crippen LogP contribution in [0.25, 0.3) is 10.9 Å². The molecule has 1 aromatic heterocycles. The summed E-state index contributed by atoms with van der Waals surface area (Å²) in [6.07, 6.45) is 5.76. The number of carbonyl (C=O) groups excluding carboxylic acids is 1. The van der Waals surface area contributed by atoms with E-state index in [0.717, 1.165) is 30.4 Å². The van der Waals surface area contributed by atoms with E-state index in [4.69, 9.17) is 4.74 Å². The van der Waals surface area contributed by atoms with E-state index in [1.54, 1.807) is 6.20 Å². The van der Waals surface area contributed by atoms with Crippen LogP contribution in [0.4, 0.5) is 0 Å². The van der Waals surface area contributed by atoms with E-state index < -0.39 is 0 Å². The van der Waals surface area contributed by atoms with Gasteiger partial charge in [0.05, 0.1) is 18.8 Å². The summed E-state index contributed by atoms with van der Waals surface area (Å²) in [4.78, 5) is 15.3. The van der Waals surface area contributed by atoms with Crippen molar-refractivity contribution < 1.29 is 9.53 Å². The summed E-state index contributed by atoms with van der Waals surface area (Å²) < 4.78 is 5.27. The zero-order valence-corrected chi connectivity index (χ0v) is 11.3. The Hall–Kier alpha value is -2.07. The van der Waals surface area contributed by atoms with E-state index in [1.807, 2.05) is 24.3 Å². The molecule has 1 amide bonds. The lowest BCUT2D eigenvalue weighted by Gasteiger charge is -2.13. The van der Waals surface area contributed by atoms with Crippen molar-refractivity contribution in [3.63, 3.8) is 0 Å². The number of benzene rings is 1. The van der Waals surface area contributed by atoms with Crippen molar-refractivity contribution in [2.75, 3.05) is 19.8 Å². The molecule has 4 nitrogen and oxygen atoms in total. The summed E-state index contributed by atoms with van der Waals surface area (Å²) in [5.74, 6) is -0.0184. The maximum absolute atomic E-state index is 12.2. The molecule has 0 bridgehead atoms. The SMILES string of the molecule is O=C(NCCC1=CCOCC1)c1c[nH]c2ccccc12. The minimum absolute atomic E-state index is 0.0184. The molecule has 0 unspecified atom stereocenters. The van der Waals surface area contributed by atoms with Crippen molar-refractivity contribution in [3.05, 3.63) is 47.7 Å². The second-order valence-electron chi connectivity index (χ2n) is 4.94. The lowest BCUT2D eigenvalue weighted by atomic mass is 10.1. The number of para-hydroxylation sites is 1. The lowest BCUT2D eigenvalue weighted by Crippen LogP contribution is -2.25. The molecule has 2 aromatic rings. The standard InChI is InChI=1S/C16H18N2O2/c19-16(17-8-5-12-6-9-20-10-7-12)14-11-18-15-4-2-1-3-13(14)15/h1-4,6,11,18H,5,7-10H2,(H,17,19). The molecule has 0 aliphatic carbocycles. The average Bonchev–Trinajstić information content (AvgIpc) is 2.92. The van der Waals surface area contributed by atoms with Crippen LogP contribution in [0, 0.1) is 0 Å². The number of carbonyl (C=O) groups is 1. The van der Waals surface area contributed by atoms with Gasteiger partial charge in [-0.15, -0.1) is 0 Å². The summed E-state index contributed by atoms with van der Waals surface area (Å²) in [6.45, 7) is 2.16. The highest BCUT2D eigenvalue weighted by molar-refractivity contribution is 6.06.